The molecule has 0 bridgehead atoms. The summed E-state index contributed by atoms with van der Waals surface area (Å²) in [6.45, 7) is 0. The van der Waals surface area contributed by atoms with Crippen molar-refractivity contribution >= 4 is 23.2 Å². The summed E-state index contributed by atoms with van der Waals surface area (Å²) in [5.74, 6) is -0.491. The quantitative estimate of drug-likeness (QED) is 0.465. The van der Waals surface area contributed by atoms with E-state index in [1.54, 1.807) is 24.3 Å². The summed E-state index contributed by atoms with van der Waals surface area (Å²) in [6, 6.07) is 12.1. The molecule has 10 heteroatoms. The molecular formula is C20H12ClF3N4O2. The minimum atomic E-state index is -4.81. The molecule has 0 radical (unpaired) electrons. The van der Waals surface area contributed by atoms with Crippen LogP contribution in [-0.4, -0.2) is 20.7 Å². The average Bonchev–Trinajstić information content (AvgIpc) is 3.39. The fraction of sp³-hybridized carbons (Fsp3) is 0.0500. The van der Waals surface area contributed by atoms with Gasteiger partial charge in [0.2, 0.25) is 0 Å². The van der Waals surface area contributed by atoms with Crippen LogP contribution >= 0.6 is 11.6 Å². The summed E-state index contributed by atoms with van der Waals surface area (Å²) >= 11 is 5.80. The van der Waals surface area contributed by atoms with Gasteiger partial charge in [-0.3, -0.25) is 4.79 Å². The van der Waals surface area contributed by atoms with Crippen LogP contribution in [0.4, 0.5) is 18.9 Å². The van der Waals surface area contributed by atoms with Gasteiger partial charge in [0.15, 0.2) is 17.8 Å². The van der Waals surface area contributed by atoms with Crippen molar-refractivity contribution in [3.63, 3.8) is 0 Å². The van der Waals surface area contributed by atoms with Crippen LogP contribution in [0.3, 0.4) is 0 Å². The molecule has 30 heavy (non-hydrogen) atoms. The molecule has 0 atom stereocenters. The Morgan fingerprint density at radius 1 is 1.10 bits per heavy atom. The molecule has 1 amide bonds. The summed E-state index contributed by atoms with van der Waals surface area (Å²) in [7, 11) is 0. The number of halogens is 4. The van der Waals surface area contributed by atoms with Crippen LogP contribution < -0.4 is 5.32 Å². The largest absolute Gasteiger partial charge is 0.444 e. The SMILES string of the molecule is O=C(Nc1cccc(-c2cnco2)c1)c1cnn(-c2ccc(Cl)cc2)c1C(F)(F)F. The minimum Gasteiger partial charge on any atom is -0.444 e. The highest BCUT2D eigenvalue weighted by Crippen LogP contribution is 2.34. The average molecular weight is 433 g/mol. The van der Waals surface area contributed by atoms with E-state index in [1.165, 1.54) is 36.9 Å². The van der Waals surface area contributed by atoms with Crippen molar-refractivity contribution < 1.29 is 22.4 Å². The molecule has 0 spiro atoms. The number of anilines is 1. The van der Waals surface area contributed by atoms with Crippen molar-refractivity contribution in [2.24, 2.45) is 0 Å². The van der Waals surface area contributed by atoms with Crippen molar-refractivity contribution in [1.82, 2.24) is 14.8 Å². The van der Waals surface area contributed by atoms with Crippen LogP contribution in [0.2, 0.25) is 5.02 Å². The Morgan fingerprint density at radius 2 is 1.87 bits per heavy atom. The van der Waals surface area contributed by atoms with Gasteiger partial charge >= 0.3 is 6.18 Å². The Bertz CT molecular complexity index is 1190. The lowest BCUT2D eigenvalue weighted by molar-refractivity contribution is -0.143. The zero-order chi connectivity index (χ0) is 21.3. The van der Waals surface area contributed by atoms with E-state index in [0.29, 0.717) is 26.7 Å². The lowest BCUT2D eigenvalue weighted by Gasteiger charge is -2.13. The third-order valence-electron chi connectivity index (χ3n) is 4.19. The standard InChI is InChI=1S/C20H12ClF3N4O2/c21-13-4-6-15(7-5-13)28-18(20(22,23)24)16(9-26-28)19(29)27-14-3-1-2-12(8-14)17-10-25-11-30-17/h1-11H,(H,27,29). The lowest BCUT2D eigenvalue weighted by atomic mass is 10.1. The molecule has 4 rings (SSSR count). The van der Waals surface area contributed by atoms with E-state index in [-0.39, 0.29) is 5.69 Å². The van der Waals surface area contributed by atoms with E-state index in [2.05, 4.69) is 15.4 Å². The molecule has 0 aliphatic carbocycles. The number of nitrogens with one attached hydrogen (secondary N) is 1. The maximum Gasteiger partial charge on any atom is 0.434 e. The summed E-state index contributed by atoms with van der Waals surface area (Å²) in [6.07, 6.45) is -1.20. The molecule has 1 N–H and O–H groups in total. The molecule has 152 valence electrons. The normalized spacial score (nSPS) is 11.5. The number of carbonyl (C=O) groups is 1. The van der Waals surface area contributed by atoms with Crippen molar-refractivity contribution in [1.29, 1.82) is 0 Å². The molecule has 0 aliphatic rings. The topological polar surface area (TPSA) is 73.0 Å². The van der Waals surface area contributed by atoms with Gasteiger partial charge in [-0.1, -0.05) is 23.7 Å². The summed E-state index contributed by atoms with van der Waals surface area (Å²) < 4.78 is 47.2. The first-order valence-corrected chi connectivity index (χ1v) is 8.92. The van der Waals surface area contributed by atoms with Crippen LogP contribution in [0.15, 0.2) is 71.7 Å². The number of hydrogen-bond donors (Lipinski definition) is 1. The Balaban J connectivity index is 1.68. The second-order valence-corrected chi connectivity index (χ2v) is 6.63. The van der Waals surface area contributed by atoms with Crippen LogP contribution in [0.25, 0.3) is 17.0 Å². The smallest absolute Gasteiger partial charge is 0.434 e. The number of carbonyl (C=O) groups excluding carboxylic acids is 1. The highest BCUT2D eigenvalue weighted by Gasteiger charge is 2.40. The zero-order valence-corrected chi connectivity index (χ0v) is 15.8. The number of amides is 1. The fourth-order valence-electron chi connectivity index (χ4n) is 2.87. The number of nitrogens with zero attached hydrogens (tertiary/aromatic N) is 3. The maximum absolute atomic E-state index is 13.8. The fourth-order valence-corrected chi connectivity index (χ4v) is 3.00. The van der Waals surface area contributed by atoms with E-state index in [9.17, 15) is 18.0 Å². The molecule has 0 fully saturated rings. The summed E-state index contributed by atoms with van der Waals surface area (Å²) in [5.41, 5.74) is -0.770. The number of aromatic nitrogens is 3. The third-order valence-corrected chi connectivity index (χ3v) is 4.44. The predicted molar refractivity (Wildman–Crippen MR) is 103 cm³/mol. The van der Waals surface area contributed by atoms with Gasteiger partial charge in [-0.05, 0) is 36.4 Å². The number of rotatable bonds is 4. The number of oxazole rings is 1. The van der Waals surface area contributed by atoms with Gasteiger partial charge in [0.1, 0.15) is 0 Å². The molecule has 2 heterocycles. The van der Waals surface area contributed by atoms with Gasteiger partial charge in [-0.2, -0.15) is 18.3 Å². The minimum absolute atomic E-state index is 0.123. The Morgan fingerprint density at radius 3 is 2.53 bits per heavy atom. The molecule has 4 aromatic rings. The molecule has 2 aromatic heterocycles. The van der Waals surface area contributed by atoms with Gasteiger partial charge < -0.3 is 9.73 Å². The first-order chi connectivity index (χ1) is 14.3. The summed E-state index contributed by atoms with van der Waals surface area (Å²) in [4.78, 5) is 16.5. The van der Waals surface area contributed by atoms with Gasteiger partial charge in [-0.15, -0.1) is 0 Å². The second-order valence-electron chi connectivity index (χ2n) is 6.19. The van der Waals surface area contributed by atoms with Crippen molar-refractivity contribution in [2.75, 3.05) is 5.32 Å². The molecule has 0 saturated carbocycles. The van der Waals surface area contributed by atoms with Crippen molar-refractivity contribution in [3.05, 3.63) is 83.6 Å². The maximum atomic E-state index is 13.8. The highest BCUT2D eigenvalue weighted by atomic mass is 35.5. The number of alkyl halides is 3. The van der Waals surface area contributed by atoms with Crippen LogP contribution in [0, 0.1) is 0 Å². The molecule has 0 aliphatic heterocycles. The van der Waals surface area contributed by atoms with Crippen molar-refractivity contribution in [2.45, 2.75) is 6.18 Å². The number of hydrogen-bond acceptors (Lipinski definition) is 4. The van der Waals surface area contributed by atoms with Crippen molar-refractivity contribution in [3.8, 4) is 17.0 Å². The number of benzene rings is 2. The van der Waals surface area contributed by atoms with Gasteiger partial charge in [0.25, 0.3) is 5.91 Å². The van der Waals surface area contributed by atoms with E-state index in [0.717, 1.165) is 6.20 Å². The molecule has 2 aromatic carbocycles. The van der Waals surface area contributed by atoms with E-state index < -0.39 is 23.3 Å². The van der Waals surface area contributed by atoms with E-state index >= 15 is 0 Å². The van der Waals surface area contributed by atoms with Gasteiger partial charge in [-0.25, -0.2) is 9.67 Å². The third kappa shape index (κ3) is 3.92. The first kappa shape index (κ1) is 19.7. The van der Waals surface area contributed by atoms with Crippen LogP contribution in [0.1, 0.15) is 16.1 Å². The molecule has 0 saturated heterocycles. The second kappa shape index (κ2) is 7.68. The van der Waals surface area contributed by atoms with E-state index in [1.807, 2.05) is 0 Å². The van der Waals surface area contributed by atoms with Crippen LogP contribution in [0.5, 0.6) is 0 Å². The zero-order valence-electron chi connectivity index (χ0n) is 15.0. The molecule has 0 unspecified atom stereocenters. The predicted octanol–water partition coefficient (Wildman–Crippen LogP) is 5.45. The summed E-state index contributed by atoms with van der Waals surface area (Å²) in [5, 5.41) is 6.61. The Labute approximate surface area is 172 Å². The highest BCUT2D eigenvalue weighted by molar-refractivity contribution is 6.30. The monoisotopic (exact) mass is 432 g/mol. The van der Waals surface area contributed by atoms with Crippen LogP contribution in [-0.2, 0) is 6.18 Å². The Kier molecular flexibility index (Phi) is 5.04. The first-order valence-electron chi connectivity index (χ1n) is 8.54. The van der Waals surface area contributed by atoms with E-state index in [4.69, 9.17) is 16.0 Å². The lowest BCUT2D eigenvalue weighted by Crippen LogP contribution is -2.20. The Hall–Kier alpha value is -3.59. The molecular weight excluding hydrogens is 421 g/mol. The molecule has 6 nitrogen and oxygen atoms in total. The van der Waals surface area contributed by atoms with Gasteiger partial charge in [0.05, 0.1) is 23.6 Å². The van der Waals surface area contributed by atoms with Gasteiger partial charge in [0, 0.05) is 16.3 Å².